The van der Waals surface area contributed by atoms with Crippen LogP contribution in [0.1, 0.15) is 25.7 Å². The largest absolute Gasteiger partial charge is 0.481 e. The molecule has 0 heterocycles. The van der Waals surface area contributed by atoms with Crippen molar-refractivity contribution < 1.29 is 9.90 Å². The first kappa shape index (κ1) is 8.53. The smallest absolute Gasteiger partial charge is 0.306 e. The van der Waals surface area contributed by atoms with Gasteiger partial charge in [0.2, 0.25) is 0 Å². The molecule has 11 heavy (non-hydrogen) atoms. The molecule has 0 aromatic rings. The molecule has 0 spiro atoms. The van der Waals surface area contributed by atoms with Gasteiger partial charge in [-0.05, 0) is 31.7 Å². The Kier molecular flexibility index (Phi) is 2.88. The lowest BCUT2D eigenvalue weighted by Crippen LogP contribution is -2.26. The number of aliphatic carboxylic acids is 1. The van der Waals surface area contributed by atoms with Crippen molar-refractivity contribution in [2.45, 2.75) is 25.7 Å². The van der Waals surface area contributed by atoms with E-state index in [0.29, 0.717) is 12.5 Å². The SMILES string of the molecule is NC[C@@H]1CCC[C@H](C(=O)O)C1. The van der Waals surface area contributed by atoms with Crippen LogP contribution >= 0.6 is 0 Å². The van der Waals surface area contributed by atoms with Crippen molar-refractivity contribution >= 4 is 5.97 Å². The summed E-state index contributed by atoms with van der Waals surface area (Å²) in [6.07, 6.45) is 3.76. The van der Waals surface area contributed by atoms with Crippen molar-refractivity contribution in [1.29, 1.82) is 0 Å². The van der Waals surface area contributed by atoms with E-state index in [9.17, 15) is 4.79 Å². The minimum atomic E-state index is -0.650. The molecule has 0 aromatic heterocycles. The molecule has 1 aliphatic rings. The molecule has 0 amide bonds. The average Bonchev–Trinajstić information content (AvgIpc) is 2.05. The Labute approximate surface area is 66.6 Å². The van der Waals surface area contributed by atoms with E-state index in [1.807, 2.05) is 0 Å². The highest BCUT2D eigenvalue weighted by molar-refractivity contribution is 5.70. The second kappa shape index (κ2) is 3.72. The Morgan fingerprint density at radius 1 is 1.55 bits per heavy atom. The van der Waals surface area contributed by atoms with E-state index < -0.39 is 5.97 Å². The Bertz CT molecular complexity index is 147. The van der Waals surface area contributed by atoms with E-state index in [1.54, 1.807) is 0 Å². The zero-order valence-corrected chi connectivity index (χ0v) is 6.62. The molecule has 1 fully saturated rings. The zero-order valence-electron chi connectivity index (χ0n) is 6.62. The number of rotatable bonds is 2. The monoisotopic (exact) mass is 157 g/mol. The van der Waals surface area contributed by atoms with Crippen LogP contribution in [0, 0.1) is 11.8 Å². The maximum atomic E-state index is 10.6. The second-order valence-corrected chi connectivity index (χ2v) is 3.30. The van der Waals surface area contributed by atoms with Gasteiger partial charge in [0.25, 0.3) is 0 Å². The van der Waals surface area contributed by atoms with E-state index in [4.69, 9.17) is 10.8 Å². The molecule has 3 N–H and O–H groups in total. The van der Waals surface area contributed by atoms with Gasteiger partial charge in [-0.2, -0.15) is 0 Å². The molecular formula is C8H15NO2. The van der Waals surface area contributed by atoms with Crippen molar-refractivity contribution in [3.05, 3.63) is 0 Å². The molecule has 0 unspecified atom stereocenters. The number of carboxylic acid groups (broad SMARTS) is 1. The van der Waals surface area contributed by atoms with Crippen LogP contribution in [0.25, 0.3) is 0 Å². The Morgan fingerprint density at radius 2 is 2.27 bits per heavy atom. The molecule has 0 aromatic carbocycles. The van der Waals surface area contributed by atoms with Crippen LogP contribution < -0.4 is 5.73 Å². The van der Waals surface area contributed by atoms with Gasteiger partial charge in [-0.25, -0.2) is 0 Å². The molecule has 3 nitrogen and oxygen atoms in total. The maximum absolute atomic E-state index is 10.6. The zero-order chi connectivity index (χ0) is 8.27. The topological polar surface area (TPSA) is 63.3 Å². The van der Waals surface area contributed by atoms with Crippen molar-refractivity contribution in [1.82, 2.24) is 0 Å². The lowest BCUT2D eigenvalue weighted by molar-refractivity contribution is -0.143. The summed E-state index contributed by atoms with van der Waals surface area (Å²) in [4.78, 5) is 10.6. The van der Waals surface area contributed by atoms with Crippen LogP contribution in [0.5, 0.6) is 0 Å². The summed E-state index contributed by atoms with van der Waals surface area (Å²) in [6.45, 7) is 0.643. The highest BCUT2D eigenvalue weighted by Gasteiger charge is 2.25. The quantitative estimate of drug-likeness (QED) is 0.624. The molecule has 1 rings (SSSR count). The first-order chi connectivity index (χ1) is 5.24. The number of carbonyl (C=O) groups is 1. The van der Waals surface area contributed by atoms with Crippen molar-refractivity contribution in [2.75, 3.05) is 6.54 Å². The van der Waals surface area contributed by atoms with Gasteiger partial charge in [0.15, 0.2) is 0 Å². The van der Waals surface area contributed by atoms with Crippen LogP contribution in [0.2, 0.25) is 0 Å². The molecule has 2 atom stereocenters. The summed E-state index contributed by atoms with van der Waals surface area (Å²) in [5.74, 6) is -0.328. The Balaban J connectivity index is 2.39. The first-order valence-electron chi connectivity index (χ1n) is 4.17. The fourth-order valence-corrected chi connectivity index (χ4v) is 1.73. The van der Waals surface area contributed by atoms with Gasteiger partial charge in [-0.3, -0.25) is 4.79 Å². The highest BCUT2D eigenvalue weighted by atomic mass is 16.4. The molecule has 1 saturated carbocycles. The van der Waals surface area contributed by atoms with Gasteiger partial charge in [-0.15, -0.1) is 0 Å². The van der Waals surface area contributed by atoms with E-state index in [0.717, 1.165) is 25.7 Å². The van der Waals surface area contributed by atoms with Crippen LogP contribution in [-0.2, 0) is 4.79 Å². The van der Waals surface area contributed by atoms with Crippen molar-refractivity contribution in [3.8, 4) is 0 Å². The molecule has 3 heteroatoms. The maximum Gasteiger partial charge on any atom is 0.306 e. The van der Waals surface area contributed by atoms with E-state index in [-0.39, 0.29) is 5.92 Å². The average molecular weight is 157 g/mol. The lowest BCUT2D eigenvalue weighted by atomic mass is 9.81. The normalized spacial score (nSPS) is 31.7. The Morgan fingerprint density at radius 3 is 2.82 bits per heavy atom. The minimum Gasteiger partial charge on any atom is -0.481 e. The van der Waals surface area contributed by atoms with Gasteiger partial charge in [0, 0.05) is 0 Å². The highest BCUT2D eigenvalue weighted by Crippen LogP contribution is 2.28. The van der Waals surface area contributed by atoms with Gasteiger partial charge < -0.3 is 10.8 Å². The minimum absolute atomic E-state index is 0.128. The number of carboxylic acids is 1. The third kappa shape index (κ3) is 2.19. The summed E-state index contributed by atoms with van der Waals surface area (Å²) < 4.78 is 0. The second-order valence-electron chi connectivity index (χ2n) is 3.30. The van der Waals surface area contributed by atoms with Crippen LogP contribution in [0.4, 0.5) is 0 Å². The molecule has 64 valence electrons. The number of hydrogen-bond donors (Lipinski definition) is 2. The molecule has 0 saturated heterocycles. The van der Waals surface area contributed by atoms with Crippen molar-refractivity contribution in [2.24, 2.45) is 17.6 Å². The van der Waals surface area contributed by atoms with Crippen LogP contribution in [-0.4, -0.2) is 17.6 Å². The predicted molar refractivity (Wildman–Crippen MR) is 42.1 cm³/mol. The number of nitrogens with two attached hydrogens (primary N) is 1. The van der Waals surface area contributed by atoms with E-state index in [2.05, 4.69) is 0 Å². The summed E-state index contributed by atoms with van der Waals surface area (Å²) in [5.41, 5.74) is 5.47. The van der Waals surface area contributed by atoms with E-state index >= 15 is 0 Å². The van der Waals surface area contributed by atoms with Crippen molar-refractivity contribution in [3.63, 3.8) is 0 Å². The Hall–Kier alpha value is -0.570. The van der Waals surface area contributed by atoms with Gasteiger partial charge in [0.05, 0.1) is 5.92 Å². The van der Waals surface area contributed by atoms with E-state index in [1.165, 1.54) is 0 Å². The predicted octanol–water partition coefficient (Wildman–Crippen LogP) is 0.836. The first-order valence-corrected chi connectivity index (χ1v) is 4.17. The van der Waals surface area contributed by atoms with Gasteiger partial charge >= 0.3 is 5.97 Å². The van der Waals surface area contributed by atoms with Gasteiger partial charge in [-0.1, -0.05) is 6.42 Å². The summed E-state index contributed by atoms with van der Waals surface area (Å²) in [7, 11) is 0. The number of hydrogen-bond acceptors (Lipinski definition) is 2. The molecule has 0 bridgehead atoms. The fraction of sp³-hybridized carbons (Fsp3) is 0.875. The van der Waals surface area contributed by atoms with Crippen LogP contribution in [0.15, 0.2) is 0 Å². The molecule has 0 radical (unpaired) electrons. The van der Waals surface area contributed by atoms with Gasteiger partial charge in [0.1, 0.15) is 0 Å². The lowest BCUT2D eigenvalue weighted by Gasteiger charge is -2.25. The van der Waals surface area contributed by atoms with Crippen LogP contribution in [0.3, 0.4) is 0 Å². The molecule has 0 aliphatic heterocycles. The summed E-state index contributed by atoms with van der Waals surface area (Å²) >= 11 is 0. The summed E-state index contributed by atoms with van der Waals surface area (Å²) in [5, 5.41) is 8.71. The molecular weight excluding hydrogens is 142 g/mol. The summed E-state index contributed by atoms with van der Waals surface area (Å²) in [6, 6.07) is 0. The third-order valence-electron chi connectivity index (χ3n) is 2.47. The standard InChI is InChI=1S/C8H15NO2/c9-5-6-2-1-3-7(4-6)8(10)11/h6-7H,1-5,9H2,(H,10,11)/t6-,7+/m1/s1. The third-order valence-corrected chi connectivity index (χ3v) is 2.47. The molecule has 1 aliphatic carbocycles. The fourth-order valence-electron chi connectivity index (χ4n) is 1.73.